The maximum atomic E-state index is 4.99. The minimum atomic E-state index is 0.636. The average Bonchev–Trinajstić information content (AvgIpc) is 2.09. The van der Waals surface area contributed by atoms with Gasteiger partial charge in [-0.2, -0.15) is 0 Å². The zero-order chi connectivity index (χ0) is 10.4. The molecule has 0 aliphatic heterocycles. The van der Waals surface area contributed by atoms with Crippen molar-refractivity contribution in [1.82, 2.24) is 10.2 Å². The summed E-state index contributed by atoms with van der Waals surface area (Å²) in [5, 5.41) is 3.40. The van der Waals surface area contributed by atoms with Gasteiger partial charge in [0.1, 0.15) is 0 Å². The molecule has 0 spiro atoms. The van der Waals surface area contributed by atoms with Gasteiger partial charge in [-0.05, 0) is 26.8 Å². The molecule has 0 aromatic rings. The lowest BCUT2D eigenvalue weighted by Crippen LogP contribution is -2.47. The quantitative estimate of drug-likeness (QED) is 0.623. The molecule has 1 aliphatic rings. The van der Waals surface area contributed by atoms with Gasteiger partial charge in [0.25, 0.3) is 0 Å². The van der Waals surface area contributed by atoms with Gasteiger partial charge in [-0.1, -0.05) is 6.42 Å². The number of rotatable bonds is 7. The van der Waals surface area contributed by atoms with Crippen molar-refractivity contribution in [2.75, 3.05) is 33.9 Å². The Kier molecular flexibility index (Phi) is 5.45. The zero-order valence-electron chi connectivity index (χ0n) is 9.75. The zero-order valence-corrected chi connectivity index (χ0v) is 9.75. The molecule has 0 saturated heterocycles. The molecule has 0 heterocycles. The van der Waals surface area contributed by atoms with E-state index in [1.165, 1.54) is 19.3 Å². The Labute approximate surface area is 87.8 Å². The van der Waals surface area contributed by atoms with Crippen molar-refractivity contribution in [2.45, 2.75) is 38.3 Å². The molecule has 0 aromatic heterocycles. The summed E-state index contributed by atoms with van der Waals surface area (Å²) < 4.78 is 4.99. The van der Waals surface area contributed by atoms with Gasteiger partial charge in [0.15, 0.2) is 0 Å². The third-order valence-corrected chi connectivity index (χ3v) is 3.27. The Morgan fingerprint density at radius 3 is 2.71 bits per heavy atom. The van der Waals surface area contributed by atoms with Crippen LogP contribution in [0.3, 0.4) is 0 Å². The minimum Gasteiger partial charge on any atom is -0.383 e. The summed E-state index contributed by atoms with van der Waals surface area (Å²) in [6.07, 6.45) is 4.19. The van der Waals surface area contributed by atoms with Crippen molar-refractivity contribution in [1.29, 1.82) is 0 Å². The number of hydrogen-bond acceptors (Lipinski definition) is 3. The summed E-state index contributed by atoms with van der Waals surface area (Å²) in [5.74, 6) is 0. The van der Waals surface area contributed by atoms with Gasteiger partial charge in [0, 0.05) is 32.3 Å². The first-order valence-electron chi connectivity index (χ1n) is 5.67. The number of nitrogens with zero attached hydrogens (tertiary/aromatic N) is 1. The van der Waals surface area contributed by atoms with Crippen LogP contribution < -0.4 is 5.32 Å². The Balaban J connectivity index is 2.04. The summed E-state index contributed by atoms with van der Waals surface area (Å²) in [6.45, 7) is 5.12. The van der Waals surface area contributed by atoms with Gasteiger partial charge in [0.2, 0.25) is 0 Å². The highest BCUT2D eigenvalue weighted by Gasteiger charge is 2.24. The number of likely N-dealkylation sites (N-methyl/N-ethyl adjacent to an activating group) is 1. The normalized spacial score (nSPS) is 19.7. The second-order valence-corrected chi connectivity index (χ2v) is 4.30. The second-order valence-electron chi connectivity index (χ2n) is 4.30. The molecule has 1 N–H and O–H groups in total. The Morgan fingerprint density at radius 1 is 1.50 bits per heavy atom. The molecule has 1 saturated carbocycles. The van der Waals surface area contributed by atoms with Crippen molar-refractivity contribution < 1.29 is 4.74 Å². The summed E-state index contributed by atoms with van der Waals surface area (Å²) >= 11 is 0. The Bertz CT molecular complexity index is 148. The topological polar surface area (TPSA) is 24.5 Å². The largest absolute Gasteiger partial charge is 0.383 e. The standard InChI is InChI=1S/C11H24N2O/c1-10(9-12-7-8-14-3)13(2)11-5-4-6-11/h10-12H,4-9H2,1-3H3. The maximum Gasteiger partial charge on any atom is 0.0587 e. The van der Waals surface area contributed by atoms with E-state index < -0.39 is 0 Å². The second kappa shape index (κ2) is 6.38. The van der Waals surface area contributed by atoms with E-state index >= 15 is 0 Å². The van der Waals surface area contributed by atoms with Crippen LogP contribution in [-0.2, 0) is 4.74 Å². The van der Waals surface area contributed by atoms with Gasteiger partial charge < -0.3 is 10.1 Å². The van der Waals surface area contributed by atoms with E-state index in [0.29, 0.717) is 6.04 Å². The van der Waals surface area contributed by atoms with E-state index in [-0.39, 0.29) is 0 Å². The van der Waals surface area contributed by atoms with Crippen molar-refractivity contribution in [2.24, 2.45) is 0 Å². The molecular formula is C11H24N2O. The molecule has 0 aromatic carbocycles. The van der Waals surface area contributed by atoms with E-state index in [4.69, 9.17) is 4.74 Å². The van der Waals surface area contributed by atoms with Gasteiger partial charge in [0.05, 0.1) is 6.61 Å². The van der Waals surface area contributed by atoms with E-state index in [9.17, 15) is 0 Å². The van der Waals surface area contributed by atoms with Crippen molar-refractivity contribution in [3.8, 4) is 0 Å². The van der Waals surface area contributed by atoms with Crippen LogP contribution in [0.5, 0.6) is 0 Å². The van der Waals surface area contributed by atoms with Crippen LogP contribution in [0.15, 0.2) is 0 Å². The number of ether oxygens (including phenoxy) is 1. The van der Waals surface area contributed by atoms with Gasteiger partial charge in [-0.3, -0.25) is 4.90 Å². The third kappa shape index (κ3) is 3.56. The Morgan fingerprint density at radius 2 is 2.21 bits per heavy atom. The predicted molar refractivity (Wildman–Crippen MR) is 59.6 cm³/mol. The molecule has 3 nitrogen and oxygen atoms in total. The van der Waals surface area contributed by atoms with E-state index in [0.717, 1.165) is 25.7 Å². The number of methoxy groups -OCH3 is 1. The molecule has 1 fully saturated rings. The van der Waals surface area contributed by atoms with Crippen molar-refractivity contribution >= 4 is 0 Å². The lowest BCUT2D eigenvalue weighted by Gasteiger charge is -2.38. The summed E-state index contributed by atoms with van der Waals surface area (Å²) in [5.41, 5.74) is 0. The lowest BCUT2D eigenvalue weighted by molar-refractivity contribution is 0.115. The smallest absolute Gasteiger partial charge is 0.0587 e. The fraction of sp³-hybridized carbons (Fsp3) is 1.00. The van der Waals surface area contributed by atoms with Crippen LogP contribution in [0.2, 0.25) is 0 Å². The van der Waals surface area contributed by atoms with Gasteiger partial charge in [-0.25, -0.2) is 0 Å². The molecule has 0 amide bonds. The molecule has 0 bridgehead atoms. The highest BCUT2D eigenvalue weighted by Crippen LogP contribution is 2.24. The van der Waals surface area contributed by atoms with Crippen molar-refractivity contribution in [3.05, 3.63) is 0 Å². The fourth-order valence-corrected chi connectivity index (χ4v) is 1.78. The predicted octanol–water partition coefficient (Wildman–Crippen LogP) is 1.10. The lowest BCUT2D eigenvalue weighted by atomic mass is 9.91. The van der Waals surface area contributed by atoms with Gasteiger partial charge in [-0.15, -0.1) is 0 Å². The van der Waals surface area contributed by atoms with Gasteiger partial charge >= 0.3 is 0 Å². The summed E-state index contributed by atoms with van der Waals surface area (Å²) in [7, 11) is 3.98. The van der Waals surface area contributed by atoms with E-state index in [1.807, 2.05) is 0 Å². The fourth-order valence-electron chi connectivity index (χ4n) is 1.78. The van der Waals surface area contributed by atoms with Crippen molar-refractivity contribution in [3.63, 3.8) is 0 Å². The molecule has 0 radical (unpaired) electrons. The summed E-state index contributed by atoms with van der Waals surface area (Å²) in [4.78, 5) is 2.50. The Hall–Kier alpha value is -0.120. The van der Waals surface area contributed by atoms with Crippen LogP contribution in [0, 0.1) is 0 Å². The molecule has 1 rings (SSSR count). The molecule has 1 atom stereocenters. The monoisotopic (exact) mass is 200 g/mol. The third-order valence-electron chi connectivity index (χ3n) is 3.27. The molecule has 84 valence electrons. The van der Waals surface area contributed by atoms with Crippen LogP contribution in [-0.4, -0.2) is 50.8 Å². The molecular weight excluding hydrogens is 176 g/mol. The molecule has 1 unspecified atom stereocenters. The summed E-state index contributed by atoms with van der Waals surface area (Å²) in [6, 6.07) is 1.48. The van der Waals surface area contributed by atoms with Crippen LogP contribution in [0.25, 0.3) is 0 Å². The molecule has 1 aliphatic carbocycles. The highest BCUT2D eigenvalue weighted by molar-refractivity contribution is 4.81. The molecule has 14 heavy (non-hydrogen) atoms. The average molecular weight is 200 g/mol. The first-order chi connectivity index (χ1) is 6.75. The van der Waals surface area contributed by atoms with E-state index in [2.05, 4.69) is 24.2 Å². The SMILES string of the molecule is COCCNCC(C)N(C)C1CCC1. The number of nitrogens with one attached hydrogen (secondary N) is 1. The van der Waals surface area contributed by atoms with Crippen LogP contribution in [0.1, 0.15) is 26.2 Å². The number of hydrogen-bond donors (Lipinski definition) is 1. The molecule has 3 heteroatoms. The minimum absolute atomic E-state index is 0.636. The first kappa shape index (κ1) is 12.0. The van der Waals surface area contributed by atoms with Crippen LogP contribution in [0.4, 0.5) is 0 Å². The first-order valence-corrected chi connectivity index (χ1v) is 5.67. The van der Waals surface area contributed by atoms with E-state index in [1.54, 1.807) is 7.11 Å². The van der Waals surface area contributed by atoms with Crippen LogP contribution >= 0.6 is 0 Å². The highest BCUT2D eigenvalue weighted by atomic mass is 16.5. The maximum absolute atomic E-state index is 4.99.